The van der Waals surface area contributed by atoms with E-state index < -0.39 is 5.54 Å². The maximum absolute atomic E-state index is 14.0. The van der Waals surface area contributed by atoms with E-state index in [-0.39, 0.29) is 17.9 Å². The molecule has 8 heteroatoms. The third kappa shape index (κ3) is 3.74. The van der Waals surface area contributed by atoms with E-state index in [2.05, 4.69) is 5.32 Å². The Kier molecular flexibility index (Phi) is 6.02. The predicted octanol–water partition coefficient (Wildman–Crippen LogP) is 4.58. The minimum atomic E-state index is -1.05. The zero-order valence-corrected chi connectivity index (χ0v) is 20.7. The van der Waals surface area contributed by atoms with Crippen molar-refractivity contribution in [2.45, 2.75) is 63.7 Å². The van der Waals surface area contributed by atoms with Gasteiger partial charge >= 0.3 is 0 Å². The number of hydrogen-bond acceptors (Lipinski definition) is 5. The van der Waals surface area contributed by atoms with E-state index in [1.165, 1.54) is 6.42 Å². The maximum atomic E-state index is 14.0. The summed E-state index contributed by atoms with van der Waals surface area (Å²) in [5.74, 6) is 1.06. The Labute approximate surface area is 203 Å². The summed E-state index contributed by atoms with van der Waals surface area (Å²) in [5, 5.41) is 6.08. The Bertz CT molecular complexity index is 1210. The number of hydrogen-bond donors (Lipinski definition) is 1. The van der Waals surface area contributed by atoms with Gasteiger partial charge < -0.3 is 24.3 Å². The molecule has 0 saturated heterocycles. The van der Waals surface area contributed by atoms with Crippen molar-refractivity contribution in [1.29, 1.82) is 0 Å². The highest BCUT2D eigenvalue weighted by molar-refractivity contribution is 7.09. The van der Waals surface area contributed by atoms with Crippen LogP contribution < -0.4 is 14.8 Å². The number of methoxy groups -OCH3 is 2. The summed E-state index contributed by atoms with van der Waals surface area (Å²) in [5.41, 5.74) is 0.265. The fraction of sp³-hybridized carbons (Fsp3) is 0.462. The molecule has 1 aliphatic carbocycles. The number of thiophene rings is 1. The predicted molar refractivity (Wildman–Crippen MR) is 133 cm³/mol. The lowest BCUT2D eigenvalue weighted by Crippen LogP contribution is -2.64. The Morgan fingerprint density at radius 3 is 2.56 bits per heavy atom. The summed E-state index contributed by atoms with van der Waals surface area (Å²) < 4.78 is 13.2. The summed E-state index contributed by atoms with van der Waals surface area (Å²) in [6.07, 6.45) is 5.45. The third-order valence-corrected chi connectivity index (χ3v) is 8.13. The first-order valence-corrected chi connectivity index (χ1v) is 12.7. The van der Waals surface area contributed by atoms with Gasteiger partial charge in [-0.3, -0.25) is 9.59 Å². The monoisotopic (exact) mass is 481 g/mol. The van der Waals surface area contributed by atoms with Crippen molar-refractivity contribution in [1.82, 2.24) is 14.8 Å². The average molecular weight is 482 g/mol. The summed E-state index contributed by atoms with van der Waals surface area (Å²) in [4.78, 5) is 30.6. The van der Waals surface area contributed by atoms with Crippen molar-refractivity contribution in [2.75, 3.05) is 14.2 Å². The number of amides is 2. The smallest absolute Gasteiger partial charge is 0.271 e. The standard InChI is InChI=1S/C26H31N3O4S/c1-26(25(31)27-17-8-5-4-6-9-17)16-28-20(24(30)29(26)15-18-10-7-13-34-18)14-19-21(32-2)11-12-22(33-3)23(19)28/h7,10-14,17H,4-6,8-9,15-16H2,1-3H3,(H,27,31). The first kappa shape index (κ1) is 22.8. The largest absolute Gasteiger partial charge is 0.496 e. The molecule has 1 fully saturated rings. The van der Waals surface area contributed by atoms with Crippen molar-refractivity contribution in [3.05, 3.63) is 46.3 Å². The Morgan fingerprint density at radius 2 is 1.88 bits per heavy atom. The van der Waals surface area contributed by atoms with Gasteiger partial charge in [-0.25, -0.2) is 0 Å². The van der Waals surface area contributed by atoms with E-state index in [9.17, 15) is 9.59 Å². The SMILES string of the molecule is COc1ccc(OC)c2c1cc1n2CC(C)(C(=O)NC2CCCCC2)N(Cc2cccs2)C1=O. The summed E-state index contributed by atoms with van der Waals surface area (Å²) in [7, 11) is 3.23. The van der Waals surface area contributed by atoms with Crippen molar-refractivity contribution < 1.29 is 19.1 Å². The molecule has 7 nitrogen and oxygen atoms in total. The minimum absolute atomic E-state index is 0.0985. The van der Waals surface area contributed by atoms with Crippen LogP contribution in [0.15, 0.2) is 35.7 Å². The second kappa shape index (κ2) is 8.98. The number of nitrogens with one attached hydrogen (secondary N) is 1. The molecule has 1 aromatic carbocycles. The molecule has 3 heterocycles. The van der Waals surface area contributed by atoms with Crippen LogP contribution in [-0.4, -0.2) is 47.1 Å². The van der Waals surface area contributed by atoms with Crippen molar-refractivity contribution in [3.63, 3.8) is 0 Å². The van der Waals surface area contributed by atoms with Gasteiger partial charge in [0.25, 0.3) is 5.91 Å². The molecule has 1 atom stereocenters. The lowest BCUT2D eigenvalue weighted by Gasteiger charge is -2.44. The van der Waals surface area contributed by atoms with Crippen LogP contribution in [0, 0.1) is 0 Å². The van der Waals surface area contributed by atoms with Gasteiger partial charge in [-0.15, -0.1) is 11.3 Å². The first-order valence-electron chi connectivity index (χ1n) is 11.9. The lowest BCUT2D eigenvalue weighted by molar-refractivity contribution is -0.134. The molecule has 5 rings (SSSR count). The molecule has 1 N–H and O–H groups in total. The number of ether oxygens (including phenoxy) is 2. The number of fused-ring (bicyclic) bond motifs is 3. The van der Waals surface area contributed by atoms with Crippen LogP contribution in [0.1, 0.15) is 54.4 Å². The van der Waals surface area contributed by atoms with Crippen LogP contribution in [0.25, 0.3) is 10.9 Å². The normalized spacial score (nSPS) is 20.9. The third-order valence-electron chi connectivity index (χ3n) is 7.27. The van der Waals surface area contributed by atoms with Crippen LogP contribution in [0.4, 0.5) is 0 Å². The molecule has 34 heavy (non-hydrogen) atoms. The summed E-state index contributed by atoms with van der Waals surface area (Å²) >= 11 is 1.59. The Morgan fingerprint density at radius 1 is 1.15 bits per heavy atom. The van der Waals surface area contributed by atoms with Crippen LogP contribution in [-0.2, 0) is 17.9 Å². The van der Waals surface area contributed by atoms with Crippen LogP contribution in [0.5, 0.6) is 11.5 Å². The molecule has 3 aromatic rings. The van der Waals surface area contributed by atoms with Gasteiger partial charge in [0.05, 0.1) is 32.8 Å². The van der Waals surface area contributed by atoms with Gasteiger partial charge in [-0.2, -0.15) is 0 Å². The van der Waals surface area contributed by atoms with Crippen LogP contribution in [0.2, 0.25) is 0 Å². The van der Waals surface area contributed by atoms with Crippen molar-refractivity contribution >= 4 is 34.1 Å². The molecular formula is C26H31N3O4S. The molecule has 1 aliphatic heterocycles. The number of carbonyl (C=O) groups excluding carboxylic acids is 2. The van der Waals surface area contributed by atoms with Gasteiger partial charge in [0.15, 0.2) is 0 Å². The molecule has 2 aliphatic rings. The summed E-state index contributed by atoms with van der Waals surface area (Å²) in [6.45, 7) is 2.62. The number of nitrogens with zero attached hydrogens (tertiary/aromatic N) is 2. The highest BCUT2D eigenvalue weighted by atomic mass is 32.1. The van der Waals surface area contributed by atoms with E-state index in [1.54, 1.807) is 30.5 Å². The zero-order chi connectivity index (χ0) is 23.9. The molecule has 0 spiro atoms. The molecule has 1 unspecified atom stereocenters. The molecular weight excluding hydrogens is 450 g/mol. The molecule has 2 amide bonds. The Balaban J connectivity index is 1.61. The molecule has 1 saturated carbocycles. The zero-order valence-electron chi connectivity index (χ0n) is 19.9. The quantitative estimate of drug-likeness (QED) is 0.559. The van der Waals surface area contributed by atoms with E-state index in [0.717, 1.165) is 41.5 Å². The van der Waals surface area contributed by atoms with E-state index in [4.69, 9.17) is 9.47 Å². The molecule has 0 radical (unpaired) electrons. The summed E-state index contributed by atoms with van der Waals surface area (Å²) in [6, 6.07) is 9.69. The number of aromatic nitrogens is 1. The van der Waals surface area contributed by atoms with Gasteiger partial charge in [0.1, 0.15) is 22.7 Å². The van der Waals surface area contributed by atoms with Crippen LogP contribution in [0.3, 0.4) is 0 Å². The fourth-order valence-electron chi connectivity index (χ4n) is 5.35. The van der Waals surface area contributed by atoms with E-state index >= 15 is 0 Å². The minimum Gasteiger partial charge on any atom is -0.496 e. The van der Waals surface area contributed by atoms with Crippen LogP contribution >= 0.6 is 11.3 Å². The number of benzene rings is 1. The fourth-order valence-corrected chi connectivity index (χ4v) is 6.04. The molecule has 180 valence electrons. The highest BCUT2D eigenvalue weighted by Gasteiger charge is 2.48. The number of carbonyl (C=O) groups is 2. The topological polar surface area (TPSA) is 72.8 Å². The second-order valence-electron chi connectivity index (χ2n) is 9.40. The van der Waals surface area contributed by atoms with Crippen molar-refractivity contribution in [2.24, 2.45) is 0 Å². The van der Waals surface area contributed by atoms with Gasteiger partial charge in [-0.1, -0.05) is 25.3 Å². The van der Waals surface area contributed by atoms with Gasteiger partial charge in [-0.05, 0) is 49.4 Å². The average Bonchev–Trinajstić information content (AvgIpc) is 3.50. The molecule has 2 aromatic heterocycles. The second-order valence-corrected chi connectivity index (χ2v) is 10.4. The van der Waals surface area contributed by atoms with Gasteiger partial charge in [0, 0.05) is 16.3 Å². The molecule has 0 bridgehead atoms. The van der Waals surface area contributed by atoms with E-state index in [1.807, 2.05) is 47.2 Å². The highest BCUT2D eigenvalue weighted by Crippen LogP contribution is 2.40. The Hall–Kier alpha value is -3.00. The first-order chi connectivity index (χ1) is 16.5. The van der Waals surface area contributed by atoms with Gasteiger partial charge in [0.2, 0.25) is 5.91 Å². The number of rotatable bonds is 6. The van der Waals surface area contributed by atoms with Crippen molar-refractivity contribution in [3.8, 4) is 11.5 Å². The lowest BCUT2D eigenvalue weighted by atomic mass is 9.91. The van der Waals surface area contributed by atoms with E-state index in [0.29, 0.717) is 30.3 Å². The maximum Gasteiger partial charge on any atom is 0.271 e.